The molecule has 1 fully saturated rings. The minimum absolute atomic E-state index is 0.174. The Balaban J connectivity index is 2.02. The van der Waals surface area contributed by atoms with Gasteiger partial charge in [-0.05, 0) is 32.6 Å². The third-order valence-corrected chi connectivity index (χ3v) is 6.29. The second kappa shape index (κ2) is 10.1. The van der Waals surface area contributed by atoms with Crippen molar-refractivity contribution in [1.82, 2.24) is 19.5 Å². The topological polar surface area (TPSA) is 153 Å². The van der Waals surface area contributed by atoms with Gasteiger partial charge in [-0.25, -0.2) is 19.5 Å². The van der Waals surface area contributed by atoms with Crippen molar-refractivity contribution in [2.24, 2.45) is 5.41 Å². The zero-order chi connectivity index (χ0) is 25.3. The largest absolute Gasteiger partial charge is 0.473 e. The highest BCUT2D eigenvalue weighted by Crippen LogP contribution is 2.52. The highest BCUT2D eigenvalue weighted by Gasteiger charge is 2.52. The molecule has 5 atom stereocenters. The van der Waals surface area contributed by atoms with Crippen molar-refractivity contribution in [2.75, 3.05) is 26.1 Å². The maximum atomic E-state index is 12.9. The molecule has 0 spiro atoms. The van der Waals surface area contributed by atoms with E-state index in [-0.39, 0.29) is 17.8 Å². The van der Waals surface area contributed by atoms with E-state index in [4.69, 9.17) is 29.0 Å². The predicted molar refractivity (Wildman–Crippen MR) is 125 cm³/mol. The van der Waals surface area contributed by atoms with Crippen molar-refractivity contribution < 1.29 is 32.7 Å². The standard InChI is InChI=1S/C21H36N5O7P/c1-20(2,3)10-13-15(32-34(27,28)33-21(4,5)6)16(30-9-8-29-7)19(31-13)26-12-25-14-17(22)23-11-24-18(14)26/h11-13,15-16,19H,8-10H2,1-7H3,(H,27,28)(H2,22,23,24)/t13-,15+,16?,19-/m1/s1. The van der Waals surface area contributed by atoms with Gasteiger partial charge in [-0.3, -0.25) is 13.6 Å². The lowest BCUT2D eigenvalue weighted by atomic mass is 9.87. The molecule has 0 aromatic carbocycles. The number of nitrogens with two attached hydrogens (primary N) is 1. The number of methoxy groups -OCH3 is 1. The van der Waals surface area contributed by atoms with Gasteiger partial charge >= 0.3 is 7.82 Å². The van der Waals surface area contributed by atoms with E-state index in [2.05, 4.69) is 15.0 Å². The van der Waals surface area contributed by atoms with Gasteiger partial charge in [0.2, 0.25) is 0 Å². The Morgan fingerprint density at radius 2 is 1.85 bits per heavy atom. The summed E-state index contributed by atoms with van der Waals surface area (Å²) in [5.41, 5.74) is 5.75. The molecule has 3 rings (SSSR count). The van der Waals surface area contributed by atoms with Gasteiger partial charge in [-0.2, -0.15) is 0 Å². The van der Waals surface area contributed by atoms with Crippen LogP contribution in [0, 0.1) is 5.41 Å². The average molecular weight is 502 g/mol. The van der Waals surface area contributed by atoms with E-state index < -0.39 is 38.0 Å². The molecule has 13 heteroatoms. The molecule has 0 saturated carbocycles. The van der Waals surface area contributed by atoms with Crippen molar-refractivity contribution >= 4 is 24.8 Å². The number of nitrogens with zero attached hydrogens (tertiary/aromatic N) is 4. The number of fused-ring (bicyclic) bond motifs is 1. The Labute approximate surface area is 199 Å². The fourth-order valence-corrected chi connectivity index (χ4v) is 5.15. The second-order valence-corrected chi connectivity index (χ2v) is 11.8. The van der Waals surface area contributed by atoms with Crippen LogP contribution >= 0.6 is 7.82 Å². The number of hydrogen-bond acceptors (Lipinski definition) is 10. The van der Waals surface area contributed by atoms with Crippen LogP contribution in [0.3, 0.4) is 0 Å². The summed E-state index contributed by atoms with van der Waals surface area (Å²) in [6, 6.07) is 0. The number of phosphoric acid groups is 1. The number of hydrogen-bond donors (Lipinski definition) is 2. The van der Waals surface area contributed by atoms with Gasteiger partial charge < -0.3 is 24.8 Å². The summed E-state index contributed by atoms with van der Waals surface area (Å²) >= 11 is 0. The lowest BCUT2D eigenvalue weighted by molar-refractivity contribution is -0.0785. The van der Waals surface area contributed by atoms with Crippen molar-refractivity contribution in [3.05, 3.63) is 12.7 Å². The van der Waals surface area contributed by atoms with Crippen LogP contribution in [0.5, 0.6) is 0 Å². The van der Waals surface area contributed by atoms with Gasteiger partial charge in [0.1, 0.15) is 24.1 Å². The summed E-state index contributed by atoms with van der Waals surface area (Å²) in [6.07, 6.45) is 0.341. The molecular formula is C21H36N5O7P. The number of anilines is 1. The van der Waals surface area contributed by atoms with Crippen LogP contribution in [0.2, 0.25) is 0 Å². The van der Waals surface area contributed by atoms with Gasteiger partial charge in [0.15, 0.2) is 17.7 Å². The first-order chi connectivity index (χ1) is 15.7. The first kappa shape index (κ1) is 26.9. The Bertz CT molecular complexity index is 1020. The average Bonchev–Trinajstić information content (AvgIpc) is 3.22. The third kappa shape index (κ3) is 6.72. The zero-order valence-electron chi connectivity index (χ0n) is 20.8. The Hall–Kier alpha value is -1.66. The summed E-state index contributed by atoms with van der Waals surface area (Å²) in [5, 5.41) is 0. The minimum atomic E-state index is -4.46. The summed E-state index contributed by atoms with van der Waals surface area (Å²) in [4.78, 5) is 23.2. The molecule has 1 aliphatic rings. The van der Waals surface area contributed by atoms with E-state index in [9.17, 15) is 9.46 Å². The molecule has 0 amide bonds. The third-order valence-electron chi connectivity index (χ3n) is 5.00. The summed E-state index contributed by atoms with van der Waals surface area (Å²) < 4.78 is 43.4. The molecule has 3 heterocycles. The normalized spacial score (nSPS) is 25.6. The monoisotopic (exact) mass is 501 g/mol. The number of imidazole rings is 1. The maximum absolute atomic E-state index is 12.9. The van der Waals surface area contributed by atoms with Crippen LogP contribution in [-0.2, 0) is 27.8 Å². The first-order valence-electron chi connectivity index (χ1n) is 11.1. The summed E-state index contributed by atoms with van der Waals surface area (Å²) in [5.74, 6) is 0.232. The van der Waals surface area contributed by atoms with Gasteiger partial charge in [-0.1, -0.05) is 20.8 Å². The van der Waals surface area contributed by atoms with Crippen molar-refractivity contribution in [3.8, 4) is 0 Å². The number of rotatable bonds is 9. The molecule has 0 radical (unpaired) electrons. The van der Waals surface area contributed by atoms with E-state index in [1.165, 1.54) is 12.7 Å². The fourth-order valence-electron chi connectivity index (χ4n) is 3.85. The molecule has 12 nitrogen and oxygen atoms in total. The molecule has 192 valence electrons. The minimum Gasteiger partial charge on any atom is -0.382 e. The number of nitrogen functional groups attached to an aromatic ring is 1. The highest BCUT2D eigenvalue weighted by atomic mass is 31.2. The second-order valence-electron chi connectivity index (χ2n) is 10.5. The fraction of sp³-hybridized carbons (Fsp3) is 0.762. The molecule has 0 bridgehead atoms. The molecule has 1 saturated heterocycles. The van der Waals surface area contributed by atoms with Crippen LogP contribution in [-0.4, -0.2) is 68.6 Å². The first-order valence-corrected chi connectivity index (χ1v) is 12.6. The number of ether oxygens (including phenoxy) is 3. The molecule has 0 aliphatic carbocycles. The lowest BCUT2D eigenvalue weighted by Gasteiger charge is -2.31. The predicted octanol–water partition coefficient (Wildman–Crippen LogP) is 3.07. The van der Waals surface area contributed by atoms with E-state index in [0.29, 0.717) is 24.2 Å². The molecular weight excluding hydrogens is 465 g/mol. The van der Waals surface area contributed by atoms with Crippen molar-refractivity contribution in [1.29, 1.82) is 0 Å². The lowest BCUT2D eigenvalue weighted by Crippen LogP contribution is -2.38. The summed E-state index contributed by atoms with van der Waals surface area (Å²) in [6.45, 7) is 11.7. The van der Waals surface area contributed by atoms with E-state index in [0.717, 1.165) is 0 Å². The van der Waals surface area contributed by atoms with Crippen molar-refractivity contribution in [3.63, 3.8) is 0 Å². The Kier molecular flexibility index (Phi) is 8.03. The van der Waals surface area contributed by atoms with Crippen molar-refractivity contribution in [2.45, 2.75) is 78.1 Å². The Morgan fingerprint density at radius 3 is 2.47 bits per heavy atom. The van der Waals surface area contributed by atoms with E-state index in [1.54, 1.807) is 32.4 Å². The number of phosphoric ester groups is 1. The van der Waals surface area contributed by atoms with Gasteiger partial charge in [0.25, 0.3) is 0 Å². The molecule has 1 aliphatic heterocycles. The number of aromatic nitrogens is 4. The van der Waals surface area contributed by atoms with Gasteiger partial charge in [-0.15, -0.1) is 0 Å². The van der Waals surface area contributed by atoms with E-state index >= 15 is 0 Å². The molecule has 2 aromatic rings. The van der Waals surface area contributed by atoms with Crippen LogP contribution in [0.4, 0.5) is 5.82 Å². The zero-order valence-corrected chi connectivity index (χ0v) is 21.7. The quantitative estimate of drug-likeness (QED) is 0.385. The van der Waals surface area contributed by atoms with Crippen LogP contribution < -0.4 is 5.73 Å². The Morgan fingerprint density at radius 1 is 1.15 bits per heavy atom. The smallest absolute Gasteiger partial charge is 0.382 e. The molecule has 3 N–H and O–H groups in total. The van der Waals surface area contributed by atoms with Crippen LogP contribution in [0.25, 0.3) is 11.2 Å². The van der Waals surface area contributed by atoms with Crippen LogP contribution in [0.1, 0.15) is 54.2 Å². The van der Waals surface area contributed by atoms with Crippen LogP contribution in [0.15, 0.2) is 12.7 Å². The molecule has 2 unspecified atom stereocenters. The van der Waals surface area contributed by atoms with Gasteiger partial charge in [0.05, 0.1) is 31.2 Å². The van der Waals surface area contributed by atoms with Gasteiger partial charge in [0, 0.05) is 7.11 Å². The summed E-state index contributed by atoms with van der Waals surface area (Å²) in [7, 11) is -2.90. The maximum Gasteiger partial charge on any atom is 0.473 e. The molecule has 2 aromatic heterocycles. The van der Waals surface area contributed by atoms with E-state index in [1.807, 2.05) is 20.8 Å². The highest BCUT2D eigenvalue weighted by molar-refractivity contribution is 7.47. The molecule has 34 heavy (non-hydrogen) atoms. The SMILES string of the molecule is COCCOC1[C@@H](OP(=O)(O)OC(C)(C)C)[C@@H](CC(C)(C)C)O[C@H]1n1cnc2c(N)ncnc21.